The molecule has 180 valence electrons. The number of rotatable bonds is 4. The molecule has 1 saturated carbocycles. The number of hydrogen-bond donors (Lipinski definition) is 2. The van der Waals surface area contributed by atoms with Gasteiger partial charge in [-0.25, -0.2) is 14.4 Å². The Kier molecular flexibility index (Phi) is 4.55. The second-order valence-electron chi connectivity index (χ2n) is 9.92. The summed E-state index contributed by atoms with van der Waals surface area (Å²) in [5.41, 5.74) is 2.98. The highest BCUT2D eigenvalue weighted by atomic mass is 19.1. The molecular weight excluding hydrogens is 455 g/mol. The fraction of sp³-hybridized carbons (Fsp3) is 0.286. The molecule has 0 bridgehead atoms. The molecule has 2 N–H and O–H groups in total. The summed E-state index contributed by atoms with van der Waals surface area (Å²) >= 11 is 0. The van der Waals surface area contributed by atoms with Crippen molar-refractivity contribution in [2.24, 2.45) is 11.8 Å². The van der Waals surface area contributed by atoms with Crippen LogP contribution in [-0.2, 0) is 5.41 Å². The third kappa shape index (κ3) is 2.96. The molecule has 1 saturated heterocycles. The lowest BCUT2D eigenvalue weighted by Gasteiger charge is -2.26. The Labute approximate surface area is 206 Å². The van der Waals surface area contributed by atoms with E-state index in [0.29, 0.717) is 39.8 Å². The first-order valence-electron chi connectivity index (χ1n) is 12.4. The lowest BCUT2D eigenvalue weighted by atomic mass is 9.88. The minimum atomic E-state index is -0.156. The Morgan fingerprint density at radius 1 is 1.14 bits per heavy atom. The van der Waals surface area contributed by atoms with Gasteiger partial charge in [0.1, 0.15) is 22.8 Å². The van der Waals surface area contributed by atoms with Crippen LogP contribution in [0.15, 0.2) is 65.6 Å². The number of nitrogens with zero attached hydrogens (tertiary/aromatic N) is 4. The Morgan fingerprint density at radius 3 is 2.83 bits per heavy atom. The van der Waals surface area contributed by atoms with Gasteiger partial charge < -0.3 is 9.88 Å². The molecule has 7 nitrogen and oxygen atoms in total. The number of piperidine rings is 1. The normalized spacial score (nSPS) is 23.2. The first-order chi connectivity index (χ1) is 17.6. The number of aromatic amines is 2. The summed E-state index contributed by atoms with van der Waals surface area (Å²) in [6.45, 7) is 3.85. The molecule has 2 fully saturated rings. The number of benzene rings is 2. The van der Waals surface area contributed by atoms with Gasteiger partial charge in [-0.15, -0.1) is 0 Å². The summed E-state index contributed by atoms with van der Waals surface area (Å²) < 4.78 is 14.7. The number of fused-ring (bicyclic) bond motifs is 3. The van der Waals surface area contributed by atoms with Crippen molar-refractivity contribution >= 4 is 27.8 Å². The van der Waals surface area contributed by atoms with Crippen molar-refractivity contribution in [3.63, 3.8) is 0 Å². The Bertz CT molecular complexity index is 1690. The number of aromatic nitrogens is 5. The van der Waals surface area contributed by atoms with Crippen molar-refractivity contribution in [1.82, 2.24) is 25.1 Å². The smallest absolute Gasteiger partial charge is 0.256 e. The standard InChI is InChI=1S/C28H25FN6O/c1-2-28(19-9-5-6-10-21(19)29)18-11-12-35(15-20(18)28)23-14-30-25-24(33-34-26(25)32-23)22-13-16-7-3-4-8-17(16)27(36)31-22/h3-10,13-14,18,20H,2,11-12,15H2,1H3,(H,31,36)(H,32,33,34)/t18-,20+,28-/m1/s1. The maximum absolute atomic E-state index is 14.7. The number of anilines is 1. The summed E-state index contributed by atoms with van der Waals surface area (Å²) in [5, 5.41) is 8.90. The molecule has 8 heteroatoms. The number of nitrogens with one attached hydrogen (secondary N) is 2. The zero-order chi connectivity index (χ0) is 24.4. The highest BCUT2D eigenvalue weighted by Crippen LogP contribution is 2.65. The largest absolute Gasteiger partial charge is 0.355 e. The molecule has 0 spiro atoms. The van der Waals surface area contributed by atoms with Crippen molar-refractivity contribution in [1.29, 1.82) is 0 Å². The van der Waals surface area contributed by atoms with Gasteiger partial charge in [0.15, 0.2) is 0 Å². The molecule has 3 atom stereocenters. The number of hydrogen-bond acceptors (Lipinski definition) is 5. The van der Waals surface area contributed by atoms with Crippen LogP contribution in [0.2, 0.25) is 0 Å². The third-order valence-electron chi connectivity index (χ3n) is 8.39. The van der Waals surface area contributed by atoms with Crippen molar-refractivity contribution in [3.8, 4) is 11.4 Å². The Balaban J connectivity index is 1.20. The van der Waals surface area contributed by atoms with Crippen molar-refractivity contribution in [2.45, 2.75) is 25.2 Å². The van der Waals surface area contributed by atoms with E-state index >= 15 is 0 Å². The predicted molar refractivity (Wildman–Crippen MR) is 137 cm³/mol. The molecule has 3 aromatic heterocycles. The molecule has 0 radical (unpaired) electrons. The molecule has 2 aromatic carbocycles. The maximum Gasteiger partial charge on any atom is 0.256 e. The number of pyridine rings is 1. The summed E-state index contributed by atoms with van der Waals surface area (Å²) in [6.07, 6.45) is 3.70. The number of H-pyrrole nitrogens is 2. The van der Waals surface area contributed by atoms with Gasteiger partial charge in [-0.1, -0.05) is 43.3 Å². The molecule has 4 heterocycles. The van der Waals surface area contributed by atoms with Crippen LogP contribution in [0.3, 0.4) is 0 Å². The molecule has 2 aliphatic rings. The quantitative estimate of drug-likeness (QED) is 0.386. The van der Waals surface area contributed by atoms with E-state index in [1.165, 1.54) is 0 Å². The fourth-order valence-electron chi connectivity index (χ4n) is 6.61. The molecule has 0 amide bonds. The zero-order valence-electron chi connectivity index (χ0n) is 19.8. The fourth-order valence-corrected chi connectivity index (χ4v) is 6.61. The van der Waals surface area contributed by atoms with E-state index in [4.69, 9.17) is 4.98 Å². The lowest BCUT2D eigenvalue weighted by Crippen LogP contribution is -2.32. The highest BCUT2D eigenvalue weighted by molar-refractivity contribution is 5.91. The molecule has 7 rings (SSSR count). The molecule has 5 aromatic rings. The van der Waals surface area contributed by atoms with Gasteiger partial charge in [-0.05, 0) is 53.8 Å². The van der Waals surface area contributed by atoms with Crippen LogP contribution in [-0.4, -0.2) is 38.2 Å². The molecule has 0 unspecified atom stereocenters. The molecular formula is C28H25FN6O. The first kappa shape index (κ1) is 21.2. The van der Waals surface area contributed by atoms with Gasteiger partial charge in [0.05, 0.1) is 11.9 Å². The average Bonchev–Trinajstić information content (AvgIpc) is 3.36. The van der Waals surface area contributed by atoms with Gasteiger partial charge in [-0.3, -0.25) is 9.89 Å². The van der Waals surface area contributed by atoms with E-state index < -0.39 is 0 Å². The maximum atomic E-state index is 14.7. The SMILES string of the molecule is CC[C@]1(c2ccccc2F)[C@@H]2CCN(c3cnc4c(-c5cc6ccccc6c(=O)[nH]5)[nH]nc4n3)C[C@@H]21. The van der Waals surface area contributed by atoms with Gasteiger partial charge in [0.2, 0.25) is 5.65 Å². The summed E-state index contributed by atoms with van der Waals surface area (Å²) in [4.78, 5) is 27.2. The van der Waals surface area contributed by atoms with E-state index in [-0.39, 0.29) is 16.8 Å². The van der Waals surface area contributed by atoms with E-state index in [1.54, 1.807) is 24.4 Å². The van der Waals surface area contributed by atoms with Crippen LogP contribution in [0.1, 0.15) is 25.3 Å². The average molecular weight is 481 g/mol. The van der Waals surface area contributed by atoms with Crippen molar-refractivity contribution in [3.05, 3.63) is 82.5 Å². The van der Waals surface area contributed by atoms with Crippen LogP contribution in [0.5, 0.6) is 0 Å². The lowest BCUT2D eigenvalue weighted by molar-refractivity contribution is 0.516. The molecule has 1 aliphatic carbocycles. The first-order valence-corrected chi connectivity index (χ1v) is 12.4. The van der Waals surface area contributed by atoms with E-state index in [0.717, 1.165) is 42.7 Å². The zero-order valence-corrected chi connectivity index (χ0v) is 19.8. The molecule has 36 heavy (non-hydrogen) atoms. The van der Waals surface area contributed by atoms with Crippen LogP contribution < -0.4 is 10.5 Å². The van der Waals surface area contributed by atoms with Crippen molar-refractivity contribution < 1.29 is 4.39 Å². The van der Waals surface area contributed by atoms with E-state index in [1.807, 2.05) is 36.4 Å². The van der Waals surface area contributed by atoms with Crippen LogP contribution in [0, 0.1) is 17.7 Å². The highest BCUT2D eigenvalue weighted by Gasteiger charge is 2.65. The minimum Gasteiger partial charge on any atom is -0.355 e. The van der Waals surface area contributed by atoms with Gasteiger partial charge in [0.25, 0.3) is 5.56 Å². The van der Waals surface area contributed by atoms with Crippen LogP contribution in [0.4, 0.5) is 10.2 Å². The van der Waals surface area contributed by atoms with E-state index in [9.17, 15) is 9.18 Å². The van der Waals surface area contributed by atoms with Crippen LogP contribution in [0.25, 0.3) is 33.3 Å². The minimum absolute atomic E-state index is 0.0981. The number of halogens is 1. The predicted octanol–water partition coefficient (Wildman–Crippen LogP) is 4.80. The second kappa shape index (κ2) is 7.71. The monoisotopic (exact) mass is 480 g/mol. The Hall–Kier alpha value is -4.07. The van der Waals surface area contributed by atoms with Gasteiger partial charge >= 0.3 is 0 Å². The van der Waals surface area contributed by atoms with Crippen LogP contribution >= 0.6 is 0 Å². The van der Waals surface area contributed by atoms with Crippen molar-refractivity contribution in [2.75, 3.05) is 18.0 Å². The van der Waals surface area contributed by atoms with Gasteiger partial charge in [-0.2, -0.15) is 5.10 Å². The van der Waals surface area contributed by atoms with E-state index in [2.05, 4.69) is 32.0 Å². The second-order valence-corrected chi connectivity index (χ2v) is 9.92. The molecule has 1 aliphatic heterocycles. The topological polar surface area (TPSA) is 90.6 Å². The van der Waals surface area contributed by atoms with Gasteiger partial charge in [0, 0.05) is 23.9 Å². The summed E-state index contributed by atoms with van der Waals surface area (Å²) in [5.74, 6) is 1.56. The summed E-state index contributed by atoms with van der Waals surface area (Å²) in [7, 11) is 0. The Morgan fingerprint density at radius 2 is 1.97 bits per heavy atom. The third-order valence-corrected chi connectivity index (χ3v) is 8.39. The summed E-state index contributed by atoms with van der Waals surface area (Å²) in [6, 6.07) is 16.6.